The maximum atomic E-state index is 10.00. The van der Waals surface area contributed by atoms with E-state index in [2.05, 4.69) is 45.7 Å². The van der Waals surface area contributed by atoms with Crippen molar-refractivity contribution in [2.45, 2.75) is 61.0 Å². The van der Waals surface area contributed by atoms with Crippen LogP contribution >= 0.6 is 31.9 Å². The van der Waals surface area contributed by atoms with Crippen LogP contribution in [-0.4, -0.2) is 45.7 Å². The molecule has 4 nitrogen and oxygen atoms in total. The van der Waals surface area contributed by atoms with E-state index in [0.29, 0.717) is 23.7 Å². The van der Waals surface area contributed by atoms with Crippen LogP contribution in [0.5, 0.6) is 0 Å². The number of aliphatic hydroxyl groups excluding tert-OH is 2. The van der Waals surface area contributed by atoms with E-state index < -0.39 is 0 Å². The molecule has 4 aliphatic carbocycles. The molecule has 0 bridgehead atoms. The van der Waals surface area contributed by atoms with Gasteiger partial charge >= 0.3 is 0 Å². The van der Waals surface area contributed by atoms with Crippen molar-refractivity contribution >= 4 is 44.4 Å². The Morgan fingerprint density at radius 3 is 1.07 bits per heavy atom. The summed E-state index contributed by atoms with van der Waals surface area (Å²) in [7, 11) is 0. The second-order valence-electron chi connectivity index (χ2n) is 8.35. The Labute approximate surface area is 250 Å². The fraction of sp³-hybridized carbons (Fsp3) is 0.818. The van der Waals surface area contributed by atoms with Gasteiger partial charge in [-0.25, -0.2) is 0 Å². The molecule has 8 atom stereocenters. The Balaban J connectivity index is 0. The minimum absolute atomic E-state index is 0. The Morgan fingerprint density at radius 2 is 1.00 bits per heavy atom. The Hall–Kier alpha value is 2.43. The second kappa shape index (κ2) is 19.7. The maximum Gasteiger partial charge on any atom is 0.123 e. The van der Waals surface area contributed by atoms with Crippen LogP contribution in [0.4, 0.5) is 0 Å². The normalized spacial score (nSPS) is 37.3. The largest absolute Gasteiger partial charge is 0.396 e. The molecule has 0 spiro atoms. The van der Waals surface area contributed by atoms with E-state index in [1.807, 2.05) is 0 Å². The van der Waals surface area contributed by atoms with E-state index in [0.717, 1.165) is 47.9 Å². The van der Waals surface area contributed by atoms with E-state index in [1.54, 1.807) is 0 Å². The number of rotatable bonds is 4. The zero-order valence-electron chi connectivity index (χ0n) is 17.9. The first-order valence-corrected chi connectivity index (χ1v) is 12.3. The fourth-order valence-corrected chi connectivity index (χ4v) is 4.12. The molecule has 2 radical (unpaired) electrons. The summed E-state index contributed by atoms with van der Waals surface area (Å²) in [6.07, 6.45) is 11.1. The van der Waals surface area contributed by atoms with Gasteiger partial charge in [0.15, 0.2) is 0 Å². The Bertz CT molecular complexity index is 399. The molecule has 0 aromatic rings. The molecule has 0 saturated heterocycles. The van der Waals surface area contributed by atoms with Crippen molar-refractivity contribution in [3.05, 3.63) is 13.8 Å². The number of aldehydes is 2. The molecule has 8 unspecified atom stereocenters. The molecule has 30 heavy (non-hydrogen) atoms. The molecule has 4 fully saturated rings. The van der Waals surface area contributed by atoms with Crippen LogP contribution in [0.3, 0.4) is 0 Å². The average molecular weight is 702 g/mol. The first-order valence-electron chi connectivity index (χ1n) is 10.4. The van der Waals surface area contributed by atoms with Gasteiger partial charge in [0.1, 0.15) is 12.6 Å². The van der Waals surface area contributed by atoms with E-state index in [9.17, 15) is 9.59 Å². The van der Waals surface area contributed by atoms with Crippen LogP contribution in [-0.2, 0) is 75.0 Å². The molecule has 0 aromatic heterocycles. The summed E-state index contributed by atoms with van der Waals surface area (Å²) in [4.78, 5) is 21.5. The van der Waals surface area contributed by atoms with Crippen LogP contribution in [0, 0.1) is 49.4 Å². The van der Waals surface area contributed by atoms with Crippen LogP contribution < -0.4 is 0 Å². The minimum Gasteiger partial charge on any atom is -0.396 e. The number of carbonyl (C=O) groups is 2. The molecule has 2 N–H and O–H groups in total. The van der Waals surface area contributed by atoms with Gasteiger partial charge < -0.3 is 33.6 Å². The second-order valence-corrected chi connectivity index (χ2v) is 10.7. The minimum atomic E-state index is 0. The van der Waals surface area contributed by atoms with E-state index in [-0.39, 0.29) is 90.5 Å². The molecule has 4 rings (SSSR count). The van der Waals surface area contributed by atoms with Crippen LogP contribution in [0.15, 0.2) is 0 Å². The molecule has 8 heteroatoms. The third-order valence-corrected chi connectivity index (χ3v) is 9.36. The van der Waals surface area contributed by atoms with E-state index >= 15 is 0 Å². The number of hydrogen-bond donors (Lipinski definition) is 2. The van der Waals surface area contributed by atoms with Crippen molar-refractivity contribution in [2.24, 2.45) is 35.5 Å². The summed E-state index contributed by atoms with van der Waals surface area (Å²) in [6, 6.07) is 0. The summed E-state index contributed by atoms with van der Waals surface area (Å²) >= 11 is 6.96. The van der Waals surface area contributed by atoms with Gasteiger partial charge in [-0.1, -0.05) is 44.7 Å². The monoisotopic (exact) mass is 700 g/mol. The van der Waals surface area contributed by atoms with Crippen molar-refractivity contribution < 1.29 is 85.2 Å². The number of halogens is 2. The number of carbonyl (C=O) groups excluding carboxylic acids is 2. The predicted molar refractivity (Wildman–Crippen MR) is 120 cm³/mol. The summed E-state index contributed by atoms with van der Waals surface area (Å²) in [6.45, 7) is 8.23. The van der Waals surface area contributed by atoms with Crippen LogP contribution in [0.1, 0.15) is 51.4 Å². The van der Waals surface area contributed by atoms with Gasteiger partial charge in [0, 0.05) is 100 Å². The molecule has 0 aliphatic heterocycles. The Kier molecular flexibility index (Phi) is 22.7. The number of alkyl halides is 2. The molecular weight excluding hydrogens is 666 g/mol. The number of aliphatic hydroxyl groups is 2. The van der Waals surface area contributed by atoms with Crippen LogP contribution in [0.2, 0.25) is 0 Å². The number of hydrogen-bond acceptors (Lipinski definition) is 4. The molecule has 170 valence electrons. The van der Waals surface area contributed by atoms with Gasteiger partial charge in [-0.3, -0.25) is 0 Å². The van der Waals surface area contributed by atoms with Crippen molar-refractivity contribution in [3.8, 4) is 0 Å². The smallest absolute Gasteiger partial charge is 0.123 e. The molecule has 4 saturated carbocycles. The molecule has 0 heterocycles. The van der Waals surface area contributed by atoms with Crippen molar-refractivity contribution in [1.82, 2.24) is 0 Å². The van der Waals surface area contributed by atoms with Gasteiger partial charge in [-0.05, 0) is 50.4 Å². The standard InChI is InChI=1S/C6H12O2.C6H8O2.C6H10.C4H6Br2.2Y/c2*7-3-5-1-2-6(5)4-8;1-5-3-4-6(5)2;5-3-1-2-4(3)6;;/h5-8H,1-4H2;3-6H,1-2H2;5-6H,1-4H2;3-4H,1-2H2;;/q;;-2;;;. The molecular formula is C22H36Br2O4Y2-2. The molecule has 0 amide bonds. The third-order valence-electron chi connectivity index (χ3n) is 6.46. The zero-order chi connectivity index (χ0) is 21.1. The van der Waals surface area contributed by atoms with Crippen molar-refractivity contribution in [1.29, 1.82) is 0 Å². The van der Waals surface area contributed by atoms with E-state index in [4.69, 9.17) is 10.2 Å². The maximum absolute atomic E-state index is 10.00. The van der Waals surface area contributed by atoms with Gasteiger partial charge in [0.2, 0.25) is 0 Å². The summed E-state index contributed by atoms with van der Waals surface area (Å²) in [5, 5.41) is 17.2. The fourth-order valence-electron chi connectivity index (χ4n) is 3.06. The van der Waals surface area contributed by atoms with Crippen molar-refractivity contribution in [2.75, 3.05) is 13.2 Å². The van der Waals surface area contributed by atoms with Crippen LogP contribution in [0.25, 0.3) is 0 Å². The summed E-state index contributed by atoms with van der Waals surface area (Å²) in [5.41, 5.74) is 0. The molecule has 4 aliphatic rings. The topological polar surface area (TPSA) is 74.6 Å². The van der Waals surface area contributed by atoms with Gasteiger partial charge in [-0.15, -0.1) is 0 Å². The van der Waals surface area contributed by atoms with Gasteiger partial charge in [0.25, 0.3) is 0 Å². The predicted octanol–water partition coefficient (Wildman–Crippen LogP) is 4.39. The van der Waals surface area contributed by atoms with Gasteiger partial charge in [0.05, 0.1) is 0 Å². The summed E-state index contributed by atoms with van der Waals surface area (Å²) < 4.78 is 0. The molecule has 0 aromatic carbocycles. The third kappa shape index (κ3) is 12.2. The SMILES string of the molecule is BrC1CCC1Br.O=CC1CCC1C=O.OCC1CCC1CO.[CH2-]C1CCC1[CH2-].[Y].[Y]. The first kappa shape index (κ1) is 34.6. The zero-order valence-corrected chi connectivity index (χ0v) is 26.7. The Morgan fingerprint density at radius 1 is 0.667 bits per heavy atom. The average Bonchev–Trinajstić information content (AvgIpc) is 2.66. The van der Waals surface area contributed by atoms with Crippen molar-refractivity contribution in [3.63, 3.8) is 0 Å². The quantitative estimate of drug-likeness (QED) is 0.259. The van der Waals surface area contributed by atoms with Gasteiger partial charge in [-0.2, -0.15) is 11.8 Å². The van der Waals surface area contributed by atoms with E-state index in [1.165, 1.54) is 25.7 Å². The summed E-state index contributed by atoms with van der Waals surface area (Å²) in [5.74, 6) is 2.25. The first-order chi connectivity index (χ1) is 13.4.